The van der Waals surface area contributed by atoms with Crippen LogP contribution in [0.2, 0.25) is 5.02 Å². The van der Waals surface area contributed by atoms with Crippen LogP contribution in [0.3, 0.4) is 0 Å². The van der Waals surface area contributed by atoms with Crippen molar-refractivity contribution < 1.29 is 9.84 Å². The van der Waals surface area contributed by atoms with Gasteiger partial charge < -0.3 is 9.84 Å². The van der Waals surface area contributed by atoms with Gasteiger partial charge in [0.1, 0.15) is 0 Å². The summed E-state index contributed by atoms with van der Waals surface area (Å²) in [5.41, 5.74) is 1.64. The topological polar surface area (TPSA) is 42.4 Å². The minimum absolute atomic E-state index is 0.302. The predicted octanol–water partition coefficient (Wildman–Crippen LogP) is 3.88. The van der Waals surface area contributed by atoms with Gasteiger partial charge in [0.2, 0.25) is 0 Å². The van der Waals surface area contributed by atoms with Gasteiger partial charge in [-0.2, -0.15) is 0 Å². The van der Waals surface area contributed by atoms with Crippen molar-refractivity contribution in [3.63, 3.8) is 0 Å². The highest BCUT2D eigenvalue weighted by atomic mass is 35.5. The molecule has 0 amide bonds. The molecule has 1 aromatic carbocycles. The Morgan fingerprint density at radius 3 is 3.10 bits per heavy atom. The fraction of sp³-hybridized carbons (Fsp3) is 0.438. The molecule has 0 saturated carbocycles. The Kier molecular flexibility index (Phi) is 4.20. The van der Waals surface area contributed by atoms with Gasteiger partial charge in [-0.3, -0.25) is 4.98 Å². The Labute approximate surface area is 123 Å². The second-order valence-electron chi connectivity index (χ2n) is 5.26. The minimum Gasteiger partial charge on any atom is -0.388 e. The Morgan fingerprint density at radius 1 is 1.40 bits per heavy atom. The fourth-order valence-electron chi connectivity index (χ4n) is 2.80. The summed E-state index contributed by atoms with van der Waals surface area (Å²) in [7, 11) is 0. The molecular formula is C16H18ClNO2. The zero-order valence-electron chi connectivity index (χ0n) is 11.3. The van der Waals surface area contributed by atoms with Crippen molar-refractivity contribution in [3.8, 4) is 0 Å². The normalized spacial score (nSPS) is 20.4. The number of hydrogen-bond acceptors (Lipinski definition) is 3. The first-order valence-electron chi connectivity index (χ1n) is 7.08. The lowest BCUT2D eigenvalue weighted by atomic mass is 9.99. The number of aliphatic hydroxyl groups is 1. The van der Waals surface area contributed by atoms with Crippen molar-refractivity contribution in [2.75, 3.05) is 6.61 Å². The molecule has 1 aliphatic heterocycles. The van der Waals surface area contributed by atoms with E-state index in [-0.39, 0.29) is 0 Å². The molecule has 2 atom stereocenters. The second-order valence-corrected chi connectivity index (χ2v) is 5.67. The first-order chi connectivity index (χ1) is 9.75. The van der Waals surface area contributed by atoms with Crippen molar-refractivity contribution in [2.45, 2.75) is 37.9 Å². The second kappa shape index (κ2) is 6.08. The summed E-state index contributed by atoms with van der Waals surface area (Å²) in [6.45, 7) is 0.853. The zero-order chi connectivity index (χ0) is 13.9. The lowest BCUT2D eigenvalue weighted by Gasteiger charge is -2.16. The summed E-state index contributed by atoms with van der Waals surface area (Å²) in [6, 6.07) is 7.49. The van der Waals surface area contributed by atoms with Gasteiger partial charge in [-0.05, 0) is 43.9 Å². The maximum absolute atomic E-state index is 10.4. The van der Waals surface area contributed by atoms with Crippen LogP contribution >= 0.6 is 11.6 Å². The van der Waals surface area contributed by atoms with E-state index in [0.717, 1.165) is 42.3 Å². The number of pyridine rings is 1. The van der Waals surface area contributed by atoms with E-state index in [1.54, 1.807) is 6.20 Å². The highest BCUT2D eigenvalue weighted by Gasteiger charge is 2.19. The molecule has 0 radical (unpaired) electrons. The Balaban J connectivity index is 1.80. The largest absolute Gasteiger partial charge is 0.388 e. The molecule has 3 nitrogen and oxygen atoms in total. The Bertz CT molecular complexity index is 596. The van der Waals surface area contributed by atoms with Crippen molar-refractivity contribution >= 4 is 22.5 Å². The molecule has 0 spiro atoms. The molecule has 20 heavy (non-hydrogen) atoms. The summed E-state index contributed by atoms with van der Waals surface area (Å²) in [4.78, 5) is 4.37. The van der Waals surface area contributed by atoms with Crippen LogP contribution in [0.4, 0.5) is 0 Å². The molecular weight excluding hydrogens is 274 g/mol. The van der Waals surface area contributed by atoms with Crippen molar-refractivity contribution in [3.05, 3.63) is 41.0 Å². The van der Waals surface area contributed by atoms with E-state index < -0.39 is 6.10 Å². The number of aliphatic hydroxyl groups excluding tert-OH is 1. The van der Waals surface area contributed by atoms with Crippen molar-refractivity contribution in [2.24, 2.45) is 0 Å². The van der Waals surface area contributed by atoms with Gasteiger partial charge in [-0.1, -0.05) is 17.7 Å². The Hall–Kier alpha value is -1.16. The first kappa shape index (κ1) is 13.8. The SMILES string of the molecule is OC(CCC1CCCO1)c1ccc(Cl)c2cccnc12. The van der Waals surface area contributed by atoms with Gasteiger partial charge in [0.05, 0.1) is 17.7 Å². The minimum atomic E-state index is -0.520. The van der Waals surface area contributed by atoms with Crippen LogP contribution in [0.1, 0.15) is 37.4 Å². The van der Waals surface area contributed by atoms with Gasteiger partial charge >= 0.3 is 0 Å². The van der Waals surface area contributed by atoms with Gasteiger partial charge in [0.15, 0.2) is 0 Å². The average Bonchev–Trinajstić information content (AvgIpc) is 2.99. The molecule has 2 unspecified atom stereocenters. The van der Waals surface area contributed by atoms with Gasteiger partial charge in [-0.25, -0.2) is 0 Å². The van der Waals surface area contributed by atoms with E-state index in [1.807, 2.05) is 24.3 Å². The van der Waals surface area contributed by atoms with Crippen LogP contribution in [0, 0.1) is 0 Å². The third kappa shape index (κ3) is 2.80. The first-order valence-corrected chi connectivity index (χ1v) is 7.46. The highest BCUT2D eigenvalue weighted by Crippen LogP contribution is 2.31. The highest BCUT2D eigenvalue weighted by molar-refractivity contribution is 6.35. The number of fused-ring (bicyclic) bond motifs is 1. The molecule has 1 saturated heterocycles. The maximum Gasteiger partial charge on any atom is 0.0812 e. The molecule has 4 heteroatoms. The number of benzene rings is 1. The standard InChI is InChI=1S/C16H18ClNO2/c17-14-7-6-13(16-12(14)4-1-9-18-16)15(19)8-5-11-3-2-10-20-11/h1,4,6-7,9,11,15,19H,2-3,5,8,10H2. The number of ether oxygens (including phenoxy) is 1. The predicted molar refractivity (Wildman–Crippen MR) is 79.9 cm³/mol. The third-order valence-electron chi connectivity index (χ3n) is 3.89. The monoisotopic (exact) mass is 291 g/mol. The van der Waals surface area contributed by atoms with Crippen LogP contribution in [0.25, 0.3) is 10.9 Å². The molecule has 1 N–H and O–H groups in total. The third-order valence-corrected chi connectivity index (χ3v) is 4.22. The summed E-state index contributed by atoms with van der Waals surface area (Å²) < 4.78 is 5.60. The molecule has 3 rings (SSSR count). The molecule has 0 bridgehead atoms. The van der Waals surface area contributed by atoms with Crippen molar-refractivity contribution in [1.29, 1.82) is 0 Å². The van der Waals surface area contributed by atoms with E-state index in [0.29, 0.717) is 17.5 Å². The van der Waals surface area contributed by atoms with Crippen LogP contribution in [0.15, 0.2) is 30.5 Å². The maximum atomic E-state index is 10.4. The van der Waals surface area contributed by atoms with Crippen LogP contribution in [-0.4, -0.2) is 22.8 Å². The fourth-order valence-corrected chi connectivity index (χ4v) is 3.02. The molecule has 2 aromatic rings. The van der Waals surface area contributed by atoms with Gasteiger partial charge in [-0.15, -0.1) is 0 Å². The van der Waals surface area contributed by atoms with Crippen molar-refractivity contribution in [1.82, 2.24) is 4.98 Å². The number of aromatic nitrogens is 1. The van der Waals surface area contributed by atoms with E-state index in [1.165, 1.54) is 0 Å². The van der Waals surface area contributed by atoms with E-state index in [4.69, 9.17) is 16.3 Å². The van der Waals surface area contributed by atoms with Crippen LogP contribution in [-0.2, 0) is 4.74 Å². The quantitative estimate of drug-likeness (QED) is 0.929. The number of rotatable bonds is 4. The number of hydrogen-bond donors (Lipinski definition) is 1. The molecule has 1 fully saturated rings. The van der Waals surface area contributed by atoms with Gasteiger partial charge in [0, 0.05) is 28.8 Å². The summed E-state index contributed by atoms with van der Waals surface area (Å²) in [5, 5.41) is 12.0. The molecule has 0 aliphatic carbocycles. The average molecular weight is 292 g/mol. The zero-order valence-corrected chi connectivity index (χ0v) is 12.0. The van der Waals surface area contributed by atoms with E-state index in [9.17, 15) is 5.11 Å². The Morgan fingerprint density at radius 2 is 2.30 bits per heavy atom. The summed E-state index contributed by atoms with van der Waals surface area (Å²) in [6.07, 6.45) is 5.33. The van der Waals surface area contributed by atoms with Crippen LogP contribution < -0.4 is 0 Å². The number of halogens is 1. The summed E-state index contributed by atoms with van der Waals surface area (Å²) in [5.74, 6) is 0. The number of nitrogens with zero attached hydrogens (tertiary/aromatic N) is 1. The molecule has 1 aromatic heterocycles. The smallest absolute Gasteiger partial charge is 0.0812 e. The lowest BCUT2D eigenvalue weighted by Crippen LogP contribution is -2.08. The molecule has 2 heterocycles. The molecule has 106 valence electrons. The lowest BCUT2D eigenvalue weighted by molar-refractivity contribution is 0.0815. The van der Waals surface area contributed by atoms with E-state index >= 15 is 0 Å². The summed E-state index contributed by atoms with van der Waals surface area (Å²) >= 11 is 6.17. The van der Waals surface area contributed by atoms with E-state index in [2.05, 4.69) is 4.98 Å². The molecule has 1 aliphatic rings. The van der Waals surface area contributed by atoms with Crippen LogP contribution in [0.5, 0.6) is 0 Å². The van der Waals surface area contributed by atoms with Gasteiger partial charge in [0.25, 0.3) is 0 Å².